The van der Waals surface area contributed by atoms with Gasteiger partial charge >= 0.3 is 0 Å². The Kier molecular flexibility index (Phi) is 5.55. The van der Waals surface area contributed by atoms with Crippen molar-refractivity contribution in [1.29, 1.82) is 0 Å². The predicted octanol–water partition coefficient (Wildman–Crippen LogP) is 4.07. The van der Waals surface area contributed by atoms with E-state index in [9.17, 15) is 0 Å². The molecule has 140 valence electrons. The quantitative estimate of drug-likeness (QED) is 0.735. The molecule has 1 aromatic carbocycles. The van der Waals surface area contributed by atoms with Crippen molar-refractivity contribution in [3.05, 3.63) is 47.1 Å². The molecule has 4 nitrogen and oxygen atoms in total. The second-order valence-electron chi connectivity index (χ2n) is 7.55. The van der Waals surface area contributed by atoms with Crippen LogP contribution < -0.4 is 9.47 Å². The summed E-state index contributed by atoms with van der Waals surface area (Å²) in [7, 11) is 0. The Balaban J connectivity index is 1.24. The summed E-state index contributed by atoms with van der Waals surface area (Å²) >= 11 is 3.50. The molecule has 26 heavy (non-hydrogen) atoms. The first-order valence-electron chi connectivity index (χ1n) is 9.59. The average Bonchev–Trinajstić information content (AvgIpc) is 2.65. The minimum absolute atomic E-state index is 0.114. The Bertz CT molecular complexity index is 683. The Morgan fingerprint density at radius 1 is 1.12 bits per heavy atom. The molecule has 4 rings (SSSR count). The molecule has 0 aromatic heterocycles. The highest BCUT2D eigenvalue weighted by atomic mass is 79.9. The Morgan fingerprint density at radius 3 is 2.77 bits per heavy atom. The van der Waals surface area contributed by atoms with Gasteiger partial charge in [-0.15, -0.1) is 0 Å². The zero-order valence-corrected chi connectivity index (χ0v) is 16.9. The van der Waals surface area contributed by atoms with Gasteiger partial charge in [-0.2, -0.15) is 0 Å². The van der Waals surface area contributed by atoms with E-state index in [1.54, 1.807) is 0 Å². The molecule has 0 aliphatic carbocycles. The third-order valence-corrected chi connectivity index (χ3v) is 6.06. The number of hydrogen-bond acceptors (Lipinski definition) is 4. The minimum Gasteiger partial charge on any atom is -0.486 e. The number of ether oxygens (including phenoxy) is 2. The zero-order valence-electron chi connectivity index (χ0n) is 15.3. The average molecular weight is 419 g/mol. The van der Waals surface area contributed by atoms with E-state index >= 15 is 0 Å². The summed E-state index contributed by atoms with van der Waals surface area (Å²) in [5, 5.41) is 0. The fourth-order valence-corrected chi connectivity index (χ4v) is 4.32. The fraction of sp³-hybridized carbons (Fsp3) is 0.524. The molecule has 3 aliphatic rings. The molecule has 3 heterocycles. The van der Waals surface area contributed by atoms with Crippen LogP contribution in [-0.2, 0) is 0 Å². The van der Waals surface area contributed by atoms with E-state index in [2.05, 4.69) is 57.1 Å². The van der Waals surface area contributed by atoms with Crippen LogP contribution in [0, 0.1) is 5.92 Å². The van der Waals surface area contributed by atoms with Crippen molar-refractivity contribution in [2.45, 2.75) is 31.9 Å². The molecule has 0 radical (unpaired) electrons. The van der Waals surface area contributed by atoms with Crippen molar-refractivity contribution in [3.63, 3.8) is 0 Å². The lowest BCUT2D eigenvalue weighted by molar-refractivity contribution is 0.0455. The van der Waals surface area contributed by atoms with E-state index < -0.39 is 0 Å². The van der Waals surface area contributed by atoms with Crippen LogP contribution in [0.25, 0.3) is 0 Å². The third kappa shape index (κ3) is 4.26. The van der Waals surface area contributed by atoms with Crippen LogP contribution >= 0.6 is 15.9 Å². The molecule has 0 amide bonds. The normalized spacial score (nSPS) is 26.3. The summed E-state index contributed by atoms with van der Waals surface area (Å²) in [5.74, 6) is 2.48. The van der Waals surface area contributed by atoms with Crippen LogP contribution in [0.5, 0.6) is 11.5 Å². The SMILES string of the molecule is CC1C=CC=CN1CC1CCN(CC2COc3ccc(Br)cc3O2)CC1. The summed E-state index contributed by atoms with van der Waals surface area (Å²) in [6.45, 7) is 7.32. The van der Waals surface area contributed by atoms with Crippen molar-refractivity contribution in [1.82, 2.24) is 9.80 Å². The van der Waals surface area contributed by atoms with Crippen molar-refractivity contribution in [2.24, 2.45) is 5.92 Å². The van der Waals surface area contributed by atoms with E-state index in [4.69, 9.17) is 9.47 Å². The van der Waals surface area contributed by atoms with E-state index in [0.29, 0.717) is 12.6 Å². The molecule has 1 fully saturated rings. The number of likely N-dealkylation sites (tertiary alicyclic amines) is 1. The lowest BCUT2D eigenvalue weighted by Crippen LogP contribution is -2.45. The van der Waals surface area contributed by atoms with Crippen LogP contribution in [0.15, 0.2) is 47.1 Å². The van der Waals surface area contributed by atoms with Crippen molar-refractivity contribution in [2.75, 3.05) is 32.8 Å². The monoisotopic (exact) mass is 418 g/mol. The van der Waals surface area contributed by atoms with E-state index in [1.807, 2.05) is 18.2 Å². The molecule has 0 N–H and O–H groups in total. The summed E-state index contributed by atoms with van der Waals surface area (Å²) in [6, 6.07) is 6.47. The Morgan fingerprint density at radius 2 is 1.96 bits per heavy atom. The van der Waals surface area contributed by atoms with Gasteiger partial charge in [-0.05, 0) is 69.2 Å². The second kappa shape index (κ2) is 8.05. The fourth-order valence-electron chi connectivity index (χ4n) is 3.98. The van der Waals surface area contributed by atoms with E-state index in [1.165, 1.54) is 19.4 Å². The first-order valence-corrected chi connectivity index (χ1v) is 10.4. The third-order valence-electron chi connectivity index (χ3n) is 5.56. The molecule has 2 atom stereocenters. The van der Waals surface area contributed by atoms with Gasteiger partial charge in [0, 0.05) is 23.6 Å². The lowest BCUT2D eigenvalue weighted by Gasteiger charge is -2.38. The molecule has 1 saturated heterocycles. The van der Waals surface area contributed by atoms with Crippen LogP contribution in [-0.4, -0.2) is 54.7 Å². The summed E-state index contributed by atoms with van der Waals surface area (Å²) in [5.41, 5.74) is 0. The topological polar surface area (TPSA) is 24.9 Å². The van der Waals surface area contributed by atoms with Crippen LogP contribution in [0.4, 0.5) is 0 Å². The number of nitrogens with zero attached hydrogens (tertiary/aromatic N) is 2. The van der Waals surface area contributed by atoms with Gasteiger partial charge in [-0.3, -0.25) is 4.90 Å². The predicted molar refractivity (Wildman–Crippen MR) is 108 cm³/mol. The highest BCUT2D eigenvalue weighted by molar-refractivity contribution is 9.10. The van der Waals surface area contributed by atoms with Crippen molar-refractivity contribution < 1.29 is 9.47 Å². The van der Waals surface area contributed by atoms with Gasteiger partial charge in [-0.1, -0.05) is 28.1 Å². The summed E-state index contributed by atoms with van der Waals surface area (Å²) in [6.07, 6.45) is 11.4. The first kappa shape index (κ1) is 17.9. The smallest absolute Gasteiger partial charge is 0.162 e. The van der Waals surface area contributed by atoms with Gasteiger partial charge in [0.1, 0.15) is 12.7 Å². The maximum Gasteiger partial charge on any atom is 0.162 e. The molecule has 2 unspecified atom stereocenters. The molecule has 5 heteroatoms. The molecule has 1 aromatic rings. The number of fused-ring (bicyclic) bond motifs is 1. The van der Waals surface area contributed by atoms with Gasteiger partial charge < -0.3 is 14.4 Å². The minimum atomic E-state index is 0.114. The van der Waals surface area contributed by atoms with Crippen molar-refractivity contribution >= 4 is 15.9 Å². The largest absolute Gasteiger partial charge is 0.486 e. The number of rotatable bonds is 4. The molecule has 0 bridgehead atoms. The van der Waals surface area contributed by atoms with Gasteiger partial charge in [-0.25, -0.2) is 0 Å². The number of allylic oxidation sites excluding steroid dienone is 2. The first-order chi connectivity index (χ1) is 12.7. The molecule has 0 saturated carbocycles. The Labute approximate surface area is 164 Å². The van der Waals surface area contributed by atoms with Crippen molar-refractivity contribution in [3.8, 4) is 11.5 Å². The maximum atomic E-state index is 6.16. The van der Waals surface area contributed by atoms with Crippen LogP contribution in [0.3, 0.4) is 0 Å². The number of hydrogen-bond donors (Lipinski definition) is 0. The molecular formula is C21H27BrN2O2. The van der Waals surface area contributed by atoms with E-state index in [0.717, 1.165) is 41.5 Å². The molecular weight excluding hydrogens is 392 g/mol. The van der Waals surface area contributed by atoms with Gasteiger partial charge in [0.25, 0.3) is 0 Å². The summed E-state index contributed by atoms with van der Waals surface area (Å²) < 4.78 is 13.1. The summed E-state index contributed by atoms with van der Waals surface area (Å²) in [4.78, 5) is 5.00. The highest BCUT2D eigenvalue weighted by Gasteiger charge is 2.27. The second-order valence-corrected chi connectivity index (χ2v) is 8.47. The number of piperidine rings is 1. The number of benzene rings is 1. The zero-order chi connectivity index (χ0) is 17.9. The van der Waals surface area contributed by atoms with Crippen LogP contribution in [0.2, 0.25) is 0 Å². The molecule has 3 aliphatic heterocycles. The van der Waals surface area contributed by atoms with Gasteiger partial charge in [0.05, 0.1) is 0 Å². The highest BCUT2D eigenvalue weighted by Crippen LogP contribution is 2.34. The number of halogens is 1. The standard InChI is InChI=1S/C21H27BrN2O2/c1-16-4-2-3-9-24(16)13-17-7-10-23(11-8-17)14-19-15-25-20-6-5-18(22)12-21(20)26-19/h2-6,9,12,16-17,19H,7-8,10-11,13-15H2,1H3. The maximum absolute atomic E-state index is 6.16. The van der Waals surface area contributed by atoms with Gasteiger partial charge in [0.15, 0.2) is 11.5 Å². The van der Waals surface area contributed by atoms with E-state index in [-0.39, 0.29) is 6.10 Å². The Hall–Kier alpha value is -1.46. The molecule has 0 spiro atoms. The lowest BCUT2D eigenvalue weighted by atomic mass is 9.95. The van der Waals surface area contributed by atoms with Crippen LogP contribution in [0.1, 0.15) is 19.8 Å². The van der Waals surface area contributed by atoms with Gasteiger partial charge in [0.2, 0.25) is 0 Å².